The van der Waals surface area contributed by atoms with Crippen molar-refractivity contribution in [3.05, 3.63) is 23.5 Å². The van der Waals surface area contributed by atoms with Crippen LogP contribution in [0.5, 0.6) is 0 Å². The quantitative estimate of drug-likeness (QED) is 0.789. The Bertz CT molecular complexity index is 561. The van der Waals surface area contributed by atoms with Crippen LogP contribution in [0.4, 0.5) is 0 Å². The van der Waals surface area contributed by atoms with E-state index >= 15 is 0 Å². The third-order valence-corrected chi connectivity index (χ3v) is 2.70. The first kappa shape index (κ1) is 12.6. The predicted octanol–water partition coefficient (Wildman–Crippen LogP) is 1.50. The zero-order valence-corrected chi connectivity index (χ0v) is 10.9. The van der Waals surface area contributed by atoms with Crippen molar-refractivity contribution in [3.63, 3.8) is 0 Å². The van der Waals surface area contributed by atoms with Crippen LogP contribution in [-0.4, -0.2) is 32.1 Å². The lowest BCUT2D eigenvalue weighted by Gasteiger charge is -2.02. The molecule has 0 spiro atoms. The normalized spacial score (nSPS) is 10.6. The number of esters is 1. The zero-order chi connectivity index (χ0) is 13.1. The minimum Gasteiger partial charge on any atom is -0.465 e. The van der Waals surface area contributed by atoms with E-state index in [0.717, 1.165) is 5.69 Å². The number of hydrogen-bond donors (Lipinski definition) is 0. The summed E-state index contributed by atoms with van der Waals surface area (Å²) in [5, 5.41) is 8.70. The topological polar surface area (TPSA) is 61.9 Å². The number of carbonyl (C=O) groups is 1. The number of carbonyl (C=O) groups excluding carboxylic acids is 1. The molecule has 0 unspecified atom stereocenters. The van der Waals surface area contributed by atoms with E-state index in [1.165, 1.54) is 4.68 Å². The van der Waals surface area contributed by atoms with Gasteiger partial charge in [-0.2, -0.15) is 10.2 Å². The number of rotatable bonds is 4. The number of hydrogen-bond acceptors (Lipinski definition) is 4. The van der Waals surface area contributed by atoms with Gasteiger partial charge in [-0.1, -0.05) is 11.6 Å². The molecule has 0 atom stereocenters. The van der Waals surface area contributed by atoms with Crippen LogP contribution < -0.4 is 0 Å². The van der Waals surface area contributed by atoms with Crippen LogP contribution in [0, 0.1) is 0 Å². The first-order chi connectivity index (χ1) is 8.61. The van der Waals surface area contributed by atoms with Gasteiger partial charge in [0.15, 0.2) is 0 Å². The minimum absolute atomic E-state index is 0.00449. The summed E-state index contributed by atoms with van der Waals surface area (Å²) >= 11 is 6.02. The number of nitrogens with zero attached hydrogens (tertiary/aromatic N) is 4. The Morgan fingerprint density at radius 2 is 2.33 bits per heavy atom. The third kappa shape index (κ3) is 2.53. The van der Waals surface area contributed by atoms with Crippen LogP contribution in [0.25, 0.3) is 11.4 Å². The molecule has 18 heavy (non-hydrogen) atoms. The molecule has 6 nitrogen and oxygen atoms in total. The standard InChI is InChI=1S/C11H13ClN4O2/c1-3-18-11(17)7-16-10(12)6-8(14-16)9-4-5-13-15(9)2/h4-6H,3,7H2,1-2H3. The van der Waals surface area contributed by atoms with Gasteiger partial charge in [0.05, 0.1) is 12.3 Å². The van der Waals surface area contributed by atoms with Crippen molar-refractivity contribution in [3.8, 4) is 11.4 Å². The first-order valence-electron chi connectivity index (χ1n) is 5.49. The van der Waals surface area contributed by atoms with Gasteiger partial charge in [-0.15, -0.1) is 0 Å². The Balaban J connectivity index is 2.22. The Morgan fingerprint density at radius 1 is 1.56 bits per heavy atom. The Labute approximate surface area is 109 Å². The van der Waals surface area contributed by atoms with Crippen molar-refractivity contribution in [1.82, 2.24) is 19.6 Å². The third-order valence-electron chi connectivity index (χ3n) is 2.40. The second-order valence-electron chi connectivity index (χ2n) is 3.66. The SMILES string of the molecule is CCOC(=O)Cn1nc(-c2ccnn2C)cc1Cl. The van der Waals surface area contributed by atoms with Crippen LogP contribution in [0.2, 0.25) is 5.15 Å². The van der Waals surface area contributed by atoms with Crippen molar-refractivity contribution >= 4 is 17.6 Å². The van der Waals surface area contributed by atoms with E-state index in [1.54, 1.807) is 23.9 Å². The highest BCUT2D eigenvalue weighted by Crippen LogP contribution is 2.21. The van der Waals surface area contributed by atoms with Gasteiger partial charge in [0.25, 0.3) is 0 Å². The maximum absolute atomic E-state index is 11.4. The average molecular weight is 269 g/mol. The lowest BCUT2D eigenvalue weighted by atomic mass is 10.3. The van der Waals surface area contributed by atoms with Crippen molar-refractivity contribution in [2.45, 2.75) is 13.5 Å². The summed E-state index contributed by atoms with van der Waals surface area (Å²) in [5.74, 6) is -0.362. The number of halogens is 1. The van der Waals surface area contributed by atoms with Gasteiger partial charge in [0.2, 0.25) is 0 Å². The lowest BCUT2D eigenvalue weighted by Crippen LogP contribution is -2.14. The molecule has 0 saturated carbocycles. The highest BCUT2D eigenvalue weighted by Gasteiger charge is 2.13. The number of ether oxygens (including phenoxy) is 1. The highest BCUT2D eigenvalue weighted by atomic mass is 35.5. The molecule has 0 amide bonds. The molecule has 2 aromatic heterocycles. The molecule has 2 rings (SSSR count). The molecule has 0 radical (unpaired) electrons. The minimum atomic E-state index is -0.362. The Morgan fingerprint density at radius 3 is 2.94 bits per heavy atom. The van der Waals surface area contributed by atoms with E-state index in [-0.39, 0.29) is 12.5 Å². The summed E-state index contributed by atoms with van der Waals surface area (Å²) < 4.78 is 7.94. The zero-order valence-electron chi connectivity index (χ0n) is 10.1. The summed E-state index contributed by atoms with van der Waals surface area (Å²) in [7, 11) is 1.81. The molecule has 0 aromatic carbocycles. The van der Waals surface area contributed by atoms with E-state index in [0.29, 0.717) is 17.5 Å². The van der Waals surface area contributed by atoms with Gasteiger partial charge < -0.3 is 4.74 Å². The molecule has 7 heteroatoms. The molecule has 2 heterocycles. The van der Waals surface area contributed by atoms with Crippen LogP contribution in [0.1, 0.15) is 6.92 Å². The Hall–Kier alpha value is -1.82. The average Bonchev–Trinajstić information content (AvgIpc) is 2.86. The van der Waals surface area contributed by atoms with E-state index in [9.17, 15) is 4.79 Å². The second-order valence-corrected chi connectivity index (χ2v) is 4.04. The van der Waals surface area contributed by atoms with Gasteiger partial charge in [-0.05, 0) is 13.0 Å². The highest BCUT2D eigenvalue weighted by molar-refractivity contribution is 6.29. The van der Waals surface area contributed by atoms with Crippen molar-refractivity contribution in [2.75, 3.05) is 6.61 Å². The molecule has 0 aliphatic carbocycles. The number of aromatic nitrogens is 4. The molecule has 2 aromatic rings. The molecule has 0 fully saturated rings. The summed E-state index contributed by atoms with van der Waals surface area (Å²) in [5.41, 5.74) is 1.50. The van der Waals surface area contributed by atoms with Crippen LogP contribution in [0.3, 0.4) is 0 Å². The van der Waals surface area contributed by atoms with Crippen molar-refractivity contribution in [2.24, 2.45) is 7.05 Å². The van der Waals surface area contributed by atoms with E-state index in [2.05, 4.69) is 10.2 Å². The summed E-state index contributed by atoms with van der Waals surface area (Å²) in [4.78, 5) is 11.4. The molecule has 0 N–H and O–H groups in total. The fraction of sp³-hybridized carbons (Fsp3) is 0.364. The predicted molar refractivity (Wildman–Crippen MR) is 66.1 cm³/mol. The molecule has 0 aliphatic rings. The van der Waals surface area contributed by atoms with Crippen LogP contribution in [0.15, 0.2) is 18.3 Å². The maximum Gasteiger partial charge on any atom is 0.327 e. The van der Waals surface area contributed by atoms with Gasteiger partial charge in [0.1, 0.15) is 17.4 Å². The van der Waals surface area contributed by atoms with Gasteiger partial charge in [-0.3, -0.25) is 9.48 Å². The van der Waals surface area contributed by atoms with Gasteiger partial charge in [-0.25, -0.2) is 4.68 Å². The summed E-state index contributed by atoms with van der Waals surface area (Å²) in [6, 6.07) is 3.52. The second kappa shape index (κ2) is 5.22. The van der Waals surface area contributed by atoms with E-state index < -0.39 is 0 Å². The molecule has 0 bridgehead atoms. The van der Waals surface area contributed by atoms with E-state index in [4.69, 9.17) is 16.3 Å². The summed E-state index contributed by atoms with van der Waals surface area (Å²) in [6.45, 7) is 2.10. The Kier molecular flexibility index (Phi) is 3.66. The molecular weight excluding hydrogens is 256 g/mol. The smallest absolute Gasteiger partial charge is 0.327 e. The monoisotopic (exact) mass is 268 g/mol. The summed E-state index contributed by atoms with van der Waals surface area (Å²) in [6.07, 6.45) is 1.67. The molecule has 0 saturated heterocycles. The maximum atomic E-state index is 11.4. The van der Waals surface area contributed by atoms with Gasteiger partial charge in [0, 0.05) is 19.3 Å². The molecular formula is C11H13ClN4O2. The fourth-order valence-corrected chi connectivity index (χ4v) is 1.79. The van der Waals surface area contributed by atoms with Crippen molar-refractivity contribution in [1.29, 1.82) is 0 Å². The fourth-order valence-electron chi connectivity index (χ4n) is 1.58. The van der Waals surface area contributed by atoms with E-state index in [1.807, 2.05) is 13.1 Å². The number of aryl methyl sites for hydroxylation is 1. The van der Waals surface area contributed by atoms with Gasteiger partial charge >= 0.3 is 5.97 Å². The lowest BCUT2D eigenvalue weighted by molar-refractivity contribution is -0.144. The van der Waals surface area contributed by atoms with Crippen LogP contribution in [-0.2, 0) is 23.1 Å². The first-order valence-corrected chi connectivity index (χ1v) is 5.87. The molecule has 96 valence electrons. The van der Waals surface area contributed by atoms with Crippen molar-refractivity contribution < 1.29 is 9.53 Å². The largest absolute Gasteiger partial charge is 0.465 e. The molecule has 0 aliphatic heterocycles. The van der Waals surface area contributed by atoms with Crippen LogP contribution >= 0.6 is 11.6 Å².